The van der Waals surface area contributed by atoms with Gasteiger partial charge in [0.2, 0.25) is 0 Å². The van der Waals surface area contributed by atoms with E-state index in [0.29, 0.717) is 12.0 Å². The van der Waals surface area contributed by atoms with Gasteiger partial charge in [0.1, 0.15) is 5.60 Å². The van der Waals surface area contributed by atoms with Gasteiger partial charge < -0.3 is 9.64 Å². The number of ether oxygens (including phenoxy) is 1. The smallest absolute Gasteiger partial charge is 0.410 e. The quantitative estimate of drug-likeness (QED) is 0.637. The molecule has 0 N–H and O–H groups in total. The molecule has 1 fully saturated rings. The van der Waals surface area contributed by atoms with Crippen molar-refractivity contribution in [2.75, 3.05) is 19.6 Å². The first-order valence-corrected chi connectivity index (χ1v) is 11.2. The van der Waals surface area contributed by atoms with E-state index in [-0.39, 0.29) is 6.09 Å². The molecule has 1 aromatic heterocycles. The Bertz CT molecular complexity index is 752. The number of amides is 1. The minimum absolute atomic E-state index is 0.175. The van der Waals surface area contributed by atoms with E-state index < -0.39 is 5.60 Å². The molecule has 0 saturated carbocycles. The molecule has 0 atom stereocenters. The summed E-state index contributed by atoms with van der Waals surface area (Å²) in [4.78, 5) is 18.3. The van der Waals surface area contributed by atoms with Gasteiger partial charge in [-0.3, -0.25) is 4.90 Å². The number of hydrogen-bond donors (Lipinski definition) is 0. The topological polar surface area (TPSA) is 32.8 Å². The molecule has 1 amide bonds. The van der Waals surface area contributed by atoms with E-state index >= 15 is 0 Å². The lowest BCUT2D eigenvalue weighted by Crippen LogP contribution is -2.48. The third-order valence-electron chi connectivity index (χ3n) is 5.07. The Morgan fingerprint density at radius 1 is 1.25 bits per heavy atom. The maximum Gasteiger partial charge on any atom is 0.410 e. The number of carbonyl (C=O) groups excluding carboxylic acids is 1. The van der Waals surface area contributed by atoms with Crippen LogP contribution < -0.4 is 0 Å². The third kappa shape index (κ3) is 5.71. The Hall–Kier alpha value is -1.59. The number of hydrogen-bond acceptors (Lipinski definition) is 4. The molecule has 0 aliphatic carbocycles. The van der Waals surface area contributed by atoms with Crippen LogP contribution in [0.5, 0.6) is 0 Å². The van der Waals surface area contributed by atoms with Crippen LogP contribution in [0.25, 0.3) is 10.1 Å². The summed E-state index contributed by atoms with van der Waals surface area (Å²) in [7, 11) is 0. The van der Waals surface area contributed by atoms with Gasteiger partial charge in [-0.05, 0) is 57.0 Å². The zero-order chi connectivity index (χ0) is 20.3. The third-order valence-corrected chi connectivity index (χ3v) is 6.17. The number of benzene rings is 1. The van der Waals surface area contributed by atoms with Crippen molar-refractivity contribution in [1.29, 1.82) is 0 Å². The van der Waals surface area contributed by atoms with E-state index in [0.717, 1.165) is 39.0 Å². The van der Waals surface area contributed by atoms with E-state index in [2.05, 4.69) is 49.1 Å². The molecule has 28 heavy (non-hydrogen) atoms. The summed E-state index contributed by atoms with van der Waals surface area (Å²) in [5.74, 6) is 0.623. The van der Waals surface area contributed by atoms with E-state index in [9.17, 15) is 4.79 Å². The van der Waals surface area contributed by atoms with Crippen LogP contribution in [0, 0.1) is 5.92 Å². The summed E-state index contributed by atoms with van der Waals surface area (Å²) in [6.07, 6.45) is 1.85. The number of piperidine rings is 1. The lowest BCUT2D eigenvalue weighted by molar-refractivity contribution is 0.0130. The van der Waals surface area contributed by atoms with E-state index in [1.165, 1.54) is 15.0 Å². The number of thiophene rings is 1. The van der Waals surface area contributed by atoms with Crippen LogP contribution in [0.4, 0.5) is 4.79 Å². The number of fused-ring (bicyclic) bond motifs is 1. The second kappa shape index (κ2) is 8.83. The van der Waals surface area contributed by atoms with Crippen molar-refractivity contribution in [3.8, 4) is 0 Å². The molecule has 1 saturated heterocycles. The van der Waals surface area contributed by atoms with Crippen molar-refractivity contribution in [1.82, 2.24) is 9.80 Å². The fraction of sp³-hybridized carbons (Fsp3) is 0.609. The van der Waals surface area contributed by atoms with Crippen LogP contribution >= 0.6 is 11.3 Å². The molecule has 2 heterocycles. The maximum atomic E-state index is 12.4. The predicted molar refractivity (Wildman–Crippen MR) is 118 cm³/mol. The van der Waals surface area contributed by atoms with E-state index in [1.54, 1.807) is 0 Å². The summed E-state index contributed by atoms with van der Waals surface area (Å²) in [5.41, 5.74) is -0.432. The Kier molecular flexibility index (Phi) is 6.66. The first-order valence-electron chi connectivity index (χ1n) is 10.4. The van der Waals surface area contributed by atoms with Crippen LogP contribution in [0.3, 0.4) is 0 Å². The summed E-state index contributed by atoms with van der Waals surface area (Å²) < 4.78 is 6.90. The molecule has 0 spiro atoms. The molecular formula is C23H34N2O2S. The fourth-order valence-electron chi connectivity index (χ4n) is 3.87. The van der Waals surface area contributed by atoms with Gasteiger partial charge >= 0.3 is 6.09 Å². The Balaban J connectivity index is 1.63. The molecule has 1 aromatic carbocycles. The monoisotopic (exact) mass is 402 g/mol. The molecule has 4 nitrogen and oxygen atoms in total. The fourth-order valence-corrected chi connectivity index (χ4v) is 4.96. The van der Waals surface area contributed by atoms with E-state index in [4.69, 9.17) is 4.74 Å². The Morgan fingerprint density at radius 2 is 1.93 bits per heavy atom. The minimum Gasteiger partial charge on any atom is -0.444 e. The summed E-state index contributed by atoms with van der Waals surface area (Å²) in [6.45, 7) is 14.0. The molecule has 2 aromatic rings. The van der Waals surface area contributed by atoms with Crippen molar-refractivity contribution < 1.29 is 9.53 Å². The Morgan fingerprint density at radius 3 is 2.54 bits per heavy atom. The van der Waals surface area contributed by atoms with Crippen molar-refractivity contribution in [2.45, 2.75) is 65.6 Å². The molecule has 5 heteroatoms. The van der Waals surface area contributed by atoms with Gasteiger partial charge in [-0.25, -0.2) is 4.79 Å². The molecule has 1 aliphatic rings. The first-order chi connectivity index (χ1) is 13.2. The molecule has 0 radical (unpaired) electrons. The van der Waals surface area contributed by atoms with Crippen molar-refractivity contribution in [2.24, 2.45) is 5.92 Å². The van der Waals surface area contributed by atoms with Gasteiger partial charge in [-0.15, -0.1) is 11.3 Å². The van der Waals surface area contributed by atoms with Gasteiger partial charge in [-0.2, -0.15) is 0 Å². The summed E-state index contributed by atoms with van der Waals surface area (Å²) in [5, 5.41) is 1.34. The van der Waals surface area contributed by atoms with Gasteiger partial charge in [0.15, 0.2) is 0 Å². The standard InChI is InChI=1S/C23H34N2O2S/c1-17(2)15-25(16-20-14-18-8-6-7-9-21(18)28-20)19-10-12-24(13-11-19)22(26)27-23(3,4)5/h6-9,14,17,19H,10-13,15-16H2,1-5H3. The molecule has 3 rings (SSSR count). The highest BCUT2D eigenvalue weighted by Crippen LogP contribution is 2.28. The average Bonchev–Trinajstić information content (AvgIpc) is 3.02. The van der Waals surface area contributed by atoms with Crippen molar-refractivity contribution in [3.05, 3.63) is 35.2 Å². The zero-order valence-corrected chi connectivity index (χ0v) is 18.7. The van der Waals surface area contributed by atoms with Crippen LogP contribution in [-0.2, 0) is 11.3 Å². The highest BCUT2D eigenvalue weighted by molar-refractivity contribution is 7.19. The molecular weight excluding hydrogens is 368 g/mol. The van der Waals surface area contributed by atoms with Gasteiger partial charge in [0.25, 0.3) is 0 Å². The predicted octanol–water partition coefficient (Wildman–Crippen LogP) is 5.76. The number of nitrogens with zero attached hydrogens (tertiary/aromatic N) is 2. The maximum absolute atomic E-state index is 12.4. The second-order valence-corrected chi connectivity index (χ2v) is 10.4. The van der Waals surface area contributed by atoms with Crippen molar-refractivity contribution in [3.63, 3.8) is 0 Å². The van der Waals surface area contributed by atoms with Crippen LogP contribution in [0.15, 0.2) is 30.3 Å². The summed E-state index contributed by atoms with van der Waals surface area (Å²) >= 11 is 1.90. The SMILES string of the molecule is CC(C)CN(Cc1cc2ccccc2s1)C1CCN(C(=O)OC(C)(C)C)CC1. The van der Waals surface area contributed by atoms with E-state index in [1.807, 2.05) is 37.0 Å². The van der Waals surface area contributed by atoms with Crippen LogP contribution in [0.2, 0.25) is 0 Å². The highest BCUT2D eigenvalue weighted by Gasteiger charge is 2.30. The lowest BCUT2D eigenvalue weighted by atomic mass is 10.0. The van der Waals surface area contributed by atoms with Crippen LogP contribution in [0.1, 0.15) is 52.3 Å². The number of rotatable bonds is 5. The molecule has 154 valence electrons. The molecule has 1 aliphatic heterocycles. The largest absolute Gasteiger partial charge is 0.444 e. The highest BCUT2D eigenvalue weighted by atomic mass is 32.1. The van der Waals surface area contributed by atoms with Gasteiger partial charge in [0, 0.05) is 41.8 Å². The average molecular weight is 403 g/mol. The van der Waals surface area contributed by atoms with Gasteiger partial charge in [0.05, 0.1) is 0 Å². The molecule has 0 bridgehead atoms. The van der Waals surface area contributed by atoms with Crippen molar-refractivity contribution >= 4 is 27.5 Å². The number of likely N-dealkylation sites (tertiary alicyclic amines) is 1. The normalized spacial score (nSPS) is 16.3. The van der Waals surface area contributed by atoms with Gasteiger partial charge in [-0.1, -0.05) is 32.0 Å². The second-order valence-electron chi connectivity index (χ2n) is 9.27. The zero-order valence-electron chi connectivity index (χ0n) is 17.9. The van der Waals surface area contributed by atoms with Crippen LogP contribution in [-0.4, -0.2) is 47.2 Å². The number of carbonyl (C=O) groups is 1. The Labute approximate surface area is 173 Å². The first kappa shape index (κ1) is 21.1. The summed E-state index contributed by atoms with van der Waals surface area (Å²) in [6, 6.07) is 11.5. The lowest BCUT2D eigenvalue weighted by Gasteiger charge is -2.39. The minimum atomic E-state index is -0.432. The molecule has 0 unspecified atom stereocenters.